The van der Waals surface area contributed by atoms with Gasteiger partial charge in [-0.15, -0.1) is 0 Å². The fraction of sp³-hybridized carbons (Fsp3) is 0.174. The number of halogens is 1. The topological polar surface area (TPSA) is 122 Å². The minimum absolute atomic E-state index is 0.000333. The lowest BCUT2D eigenvalue weighted by atomic mass is 10.1. The number of rotatable bonds is 6. The van der Waals surface area contributed by atoms with E-state index in [1.54, 1.807) is 36.4 Å². The highest BCUT2D eigenvalue weighted by molar-refractivity contribution is 9.10. The average molecular weight is 543 g/mol. The Kier molecular flexibility index (Phi) is 6.85. The van der Waals surface area contributed by atoms with Crippen molar-refractivity contribution in [1.82, 2.24) is 20.0 Å². The van der Waals surface area contributed by atoms with Crippen molar-refractivity contribution in [3.63, 3.8) is 0 Å². The van der Waals surface area contributed by atoms with Gasteiger partial charge in [0, 0.05) is 35.6 Å². The quantitative estimate of drug-likeness (QED) is 0.459. The molecule has 1 aliphatic rings. The number of aryl methyl sites for hydroxylation is 1. The molecule has 11 heteroatoms. The number of nitrogens with one attached hydrogen (secondary N) is 1. The van der Waals surface area contributed by atoms with E-state index in [9.17, 15) is 24.3 Å². The number of fused-ring (bicyclic) bond motifs is 1. The van der Waals surface area contributed by atoms with E-state index in [0.717, 1.165) is 21.1 Å². The van der Waals surface area contributed by atoms with Crippen LogP contribution in [0, 0.1) is 0 Å². The van der Waals surface area contributed by atoms with Crippen molar-refractivity contribution in [2.75, 3.05) is 13.1 Å². The number of aromatic hydroxyl groups is 1. The van der Waals surface area contributed by atoms with Crippen LogP contribution in [0.15, 0.2) is 56.6 Å². The Morgan fingerprint density at radius 1 is 1.18 bits per heavy atom. The van der Waals surface area contributed by atoms with Crippen molar-refractivity contribution in [1.29, 1.82) is 0 Å². The summed E-state index contributed by atoms with van der Waals surface area (Å²) in [4.78, 5) is 50.9. The molecule has 2 N–H and O–H groups in total. The van der Waals surface area contributed by atoms with Crippen LogP contribution in [0.25, 0.3) is 16.8 Å². The third kappa shape index (κ3) is 4.90. The molecule has 0 atom stereocenters. The van der Waals surface area contributed by atoms with Gasteiger partial charge < -0.3 is 10.4 Å². The SMILES string of the molecule is Cn1nc(CC(=O)NCCN2C(=O)S/C(=C\c3cc(Br)ccc3O)C2=O)c2ccccc2c1=O. The maximum absolute atomic E-state index is 12.7. The van der Waals surface area contributed by atoms with E-state index in [1.165, 1.54) is 23.9 Å². The van der Waals surface area contributed by atoms with Gasteiger partial charge >= 0.3 is 0 Å². The Hall–Kier alpha value is -3.44. The molecular formula is C23H19BrN4O5S. The molecule has 1 saturated heterocycles. The first-order valence-electron chi connectivity index (χ1n) is 10.2. The third-order valence-electron chi connectivity index (χ3n) is 5.17. The highest BCUT2D eigenvalue weighted by Gasteiger charge is 2.34. The summed E-state index contributed by atoms with van der Waals surface area (Å²) in [6.07, 6.45) is 1.40. The second-order valence-electron chi connectivity index (χ2n) is 7.48. The van der Waals surface area contributed by atoms with Crippen molar-refractivity contribution in [3.8, 4) is 5.75 Å². The zero-order valence-corrected chi connectivity index (χ0v) is 20.4. The largest absolute Gasteiger partial charge is 0.507 e. The fourth-order valence-corrected chi connectivity index (χ4v) is 4.74. The van der Waals surface area contributed by atoms with E-state index in [1.807, 2.05) is 0 Å². The van der Waals surface area contributed by atoms with Crippen LogP contribution in [0.3, 0.4) is 0 Å². The van der Waals surface area contributed by atoms with E-state index in [2.05, 4.69) is 26.3 Å². The first-order chi connectivity index (χ1) is 16.2. The summed E-state index contributed by atoms with van der Waals surface area (Å²) >= 11 is 4.08. The van der Waals surface area contributed by atoms with Crippen molar-refractivity contribution in [2.24, 2.45) is 7.05 Å². The maximum atomic E-state index is 12.7. The molecule has 0 radical (unpaired) electrons. The van der Waals surface area contributed by atoms with Crippen LogP contribution in [0.1, 0.15) is 11.3 Å². The van der Waals surface area contributed by atoms with Crippen LogP contribution >= 0.6 is 27.7 Å². The highest BCUT2D eigenvalue weighted by Crippen LogP contribution is 2.34. The third-order valence-corrected chi connectivity index (χ3v) is 6.57. The summed E-state index contributed by atoms with van der Waals surface area (Å²) in [6.45, 7) is 0.0651. The van der Waals surface area contributed by atoms with Crippen LogP contribution in [0.5, 0.6) is 5.75 Å². The lowest BCUT2D eigenvalue weighted by molar-refractivity contribution is -0.124. The fourth-order valence-electron chi connectivity index (χ4n) is 3.50. The molecule has 0 aliphatic carbocycles. The predicted molar refractivity (Wildman–Crippen MR) is 132 cm³/mol. The predicted octanol–water partition coefficient (Wildman–Crippen LogP) is 2.80. The highest BCUT2D eigenvalue weighted by atomic mass is 79.9. The summed E-state index contributed by atoms with van der Waals surface area (Å²) < 4.78 is 1.92. The standard InChI is InChI=1S/C23H19BrN4O5S/c1-27-21(31)16-5-3-2-4-15(16)17(26-27)12-20(30)25-8-9-28-22(32)19(34-23(28)33)11-13-10-14(24)6-7-18(13)29/h2-7,10-11,29H,8-9,12H2,1H3,(H,25,30)/b19-11-. The molecule has 34 heavy (non-hydrogen) atoms. The summed E-state index contributed by atoms with van der Waals surface area (Å²) in [5.41, 5.74) is 0.617. The van der Waals surface area contributed by atoms with Gasteiger partial charge in [0.05, 0.1) is 22.4 Å². The molecule has 4 rings (SSSR count). The number of hydrogen-bond donors (Lipinski definition) is 2. The number of phenols is 1. The Balaban J connectivity index is 1.39. The molecule has 0 saturated carbocycles. The van der Waals surface area contributed by atoms with Gasteiger partial charge in [-0.1, -0.05) is 34.1 Å². The monoisotopic (exact) mass is 542 g/mol. The molecule has 3 aromatic rings. The molecule has 2 aromatic carbocycles. The second kappa shape index (κ2) is 9.82. The lowest BCUT2D eigenvalue weighted by Crippen LogP contribution is -2.38. The van der Waals surface area contributed by atoms with Gasteiger partial charge in [-0.2, -0.15) is 5.10 Å². The van der Waals surface area contributed by atoms with Gasteiger partial charge in [-0.25, -0.2) is 4.68 Å². The molecule has 9 nitrogen and oxygen atoms in total. The molecule has 0 spiro atoms. The number of benzene rings is 2. The number of aromatic nitrogens is 2. The van der Waals surface area contributed by atoms with Crippen molar-refractivity contribution in [2.45, 2.75) is 6.42 Å². The van der Waals surface area contributed by atoms with Gasteiger partial charge in [0.25, 0.3) is 16.7 Å². The summed E-state index contributed by atoms with van der Waals surface area (Å²) in [7, 11) is 1.53. The molecule has 2 heterocycles. The van der Waals surface area contributed by atoms with Crippen LogP contribution in [-0.2, 0) is 23.1 Å². The Bertz CT molecular complexity index is 1420. The van der Waals surface area contributed by atoms with Crippen molar-refractivity contribution < 1.29 is 19.5 Å². The Labute approximate surface area is 206 Å². The van der Waals surface area contributed by atoms with Crippen LogP contribution in [0.2, 0.25) is 0 Å². The summed E-state index contributed by atoms with van der Waals surface area (Å²) in [6, 6.07) is 11.7. The average Bonchev–Trinajstić information content (AvgIpc) is 3.07. The number of thioether (sulfide) groups is 1. The summed E-state index contributed by atoms with van der Waals surface area (Å²) in [5, 5.41) is 17.5. The van der Waals surface area contributed by atoms with Gasteiger partial charge in [-0.3, -0.25) is 24.1 Å². The number of imide groups is 1. The molecular weight excluding hydrogens is 524 g/mol. The number of hydrogen-bond acceptors (Lipinski definition) is 7. The van der Waals surface area contributed by atoms with E-state index >= 15 is 0 Å². The van der Waals surface area contributed by atoms with Gasteiger partial charge in [-0.05, 0) is 42.1 Å². The van der Waals surface area contributed by atoms with E-state index < -0.39 is 11.1 Å². The molecule has 1 aromatic heterocycles. The first-order valence-corrected chi connectivity index (χ1v) is 11.8. The van der Waals surface area contributed by atoms with Gasteiger partial charge in [0.1, 0.15) is 5.75 Å². The Morgan fingerprint density at radius 2 is 1.91 bits per heavy atom. The molecule has 1 aliphatic heterocycles. The van der Waals surface area contributed by atoms with E-state index in [-0.39, 0.29) is 41.6 Å². The number of amides is 3. The minimum atomic E-state index is -0.491. The van der Waals surface area contributed by atoms with E-state index in [0.29, 0.717) is 22.0 Å². The molecule has 0 bridgehead atoms. The Morgan fingerprint density at radius 3 is 2.68 bits per heavy atom. The minimum Gasteiger partial charge on any atom is -0.507 e. The first kappa shape index (κ1) is 23.7. The molecule has 174 valence electrons. The number of carbonyl (C=O) groups is 3. The van der Waals surface area contributed by atoms with Crippen LogP contribution in [-0.4, -0.2) is 49.9 Å². The summed E-state index contributed by atoms with van der Waals surface area (Å²) in [5.74, 6) is -0.853. The molecule has 0 unspecified atom stereocenters. The van der Waals surface area contributed by atoms with Crippen molar-refractivity contribution in [3.05, 3.63) is 73.5 Å². The molecule has 1 fully saturated rings. The smallest absolute Gasteiger partial charge is 0.293 e. The maximum Gasteiger partial charge on any atom is 0.293 e. The second-order valence-corrected chi connectivity index (χ2v) is 9.39. The van der Waals surface area contributed by atoms with Crippen molar-refractivity contribution >= 4 is 61.6 Å². The lowest BCUT2D eigenvalue weighted by Gasteiger charge is -2.13. The van der Waals surface area contributed by atoms with Gasteiger partial charge in [0.15, 0.2) is 0 Å². The van der Waals surface area contributed by atoms with Gasteiger partial charge in [0.2, 0.25) is 5.91 Å². The zero-order chi connectivity index (χ0) is 24.4. The number of phenolic OH excluding ortho intramolecular Hbond substituents is 1. The molecule has 3 amide bonds. The normalized spacial score (nSPS) is 14.9. The zero-order valence-electron chi connectivity index (χ0n) is 17.9. The van der Waals surface area contributed by atoms with Crippen LogP contribution < -0.4 is 10.9 Å². The van der Waals surface area contributed by atoms with Crippen LogP contribution in [0.4, 0.5) is 4.79 Å². The number of nitrogens with zero attached hydrogens (tertiary/aromatic N) is 3. The number of carbonyl (C=O) groups excluding carboxylic acids is 3. The van der Waals surface area contributed by atoms with E-state index in [4.69, 9.17) is 0 Å².